The number of hydrogen-bond donors (Lipinski definition) is 1. The van der Waals surface area contributed by atoms with Gasteiger partial charge in [-0.25, -0.2) is 4.39 Å². The van der Waals surface area contributed by atoms with Gasteiger partial charge in [0.1, 0.15) is 11.7 Å². The van der Waals surface area contributed by atoms with E-state index in [2.05, 4.69) is 15.5 Å². The molecule has 0 aliphatic heterocycles. The molecular weight excluding hydrogens is 217 g/mol. The average Bonchev–Trinajstić information content (AvgIpc) is 2.70. The van der Waals surface area contributed by atoms with Crippen LogP contribution in [0.25, 0.3) is 0 Å². The third kappa shape index (κ3) is 2.71. The normalized spacial score (nSPS) is 26.2. The molecule has 2 rings (SSSR count). The molecule has 82 valence electrons. The number of carbonyl (C=O) groups is 1. The monoisotopic (exact) mass is 229 g/mol. The molecule has 6 heteroatoms. The summed E-state index contributed by atoms with van der Waals surface area (Å²) >= 11 is 1.27. The van der Waals surface area contributed by atoms with Crippen LogP contribution < -0.4 is 5.32 Å². The molecule has 0 saturated heterocycles. The Morgan fingerprint density at radius 2 is 2.47 bits per heavy atom. The number of carbonyl (C=O) groups excluding carboxylic acids is 1. The van der Waals surface area contributed by atoms with Gasteiger partial charge in [0.05, 0.1) is 0 Å². The highest BCUT2D eigenvalue weighted by molar-refractivity contribution is 7.13. The standard InChI is InChI=1S/C9H12FN3OS/c10-7-3-1-2-6(4-7)8(14)12-9-13-11-5-15-9/h5-7H,1-4H2,(H,12,13,14)/t6-,7+/m0/s1. The second-order valence-electron chi connectivity index (χ2n) is 3.69. The molecule has 1 saturated carbocycles. The zero-order valence-electron chi connectivity index (χ0n) is 8.15. The van der Waals surface area contributed by atoms with Crippen LogP contribution in [0.4, 0.5) is 9.52 Å². The number of amides is 1. The van der Waals surface area contributed by atoms with Crippen molar-refractivity contribution in [2.45, 2.75) is 31.9 Å². The van der Waals surface area contributed by atoms with E-state index in [0.29, 0.717) is 18.0 Å². The number of hydrogen-bond acceptors (Lipinski definition) is 4. The number of rotatable bonds is 2. The van der Waals surface area contributed by atoms with Crippen molar-refractivity contribution in [2.24, 2.45) is 5.92 Å². The largest absolute Gasteiger partial charge is 0.300 e. The minimum absolute atomic E-state index is 0.130. The molecule has 0 spiro atoms. The second-order valence-corrected chi connectivity index (χ2v) is 4.53. The van der Waals surface area contributed by atoms with Crippen molar-refractivity contribution < 1.29 is 9.18 Å². The van der Waals surface area contributed by atoms with Gasteiger partial charge in [0.15, 0.2) is 0 Å². The predicted molar refractivity (Wildman–Crippen MR) is 55.4 cm³/mol. The highest BCUT2D eigenvalue weighted by atomic mass is 32.1. The van der Waals surface area contributed by atoms with E-state index >= 15 is 0 Å². The van der Waals surface area contributed by atoms with Gasteiger partial charge >= 0.3 is 0 Å². The van der Waals surface area contributed by atoms with E-state index in [4.69, 9.17) is 0 Å². The van der Waals surface area contributed by atoms with Crippen molar-refractivity contribution in [3.05, 3.63) is 5.51 Å². The summed E-state index contributed by atoms with van der Waals surface area (Å²) < 4.78 is 13.1. The van der Waals surface area contributed by atoms with Crippen molar-refractivity contribution >= 4 is 22.4 Å². The maximum absolute atomic E-state index is 13.1. The van der Waals surface area contributed by atoms with Crippen molar-refractivity contribution in [3.63, 3.8) is 0 Å². The lowest BCUT2D eigenvalue weighted by Gasteiger charge is -2.22. The number of halogens is 1. The first-order valence-electron chi connectivity index (χ1n) is 4.97. The van der Waals surface area contributed by atoms with Crippen LogP contribution >= 0.6 is 11.3 Å². The second kappa shape index (κ2) is 4.65. The molecule has 2 atom stereocenters. The highest BCUT2D eigenvalue weighted by Crippen LogP contribution is 2.27. The molecule has 4 nitrogen and oxygen atoms in total. The summed E-state index contributed by atoms with van der Waals surface area (Å²) in [5.41, 5.74) is 1.55. The molecule has 0 bridgehead atoms. The van der Waals surface area contributed by atoms with Crippen LogP contribution in [0.5, 0.6) is 0 Å². The van der Waals surface area contributed by atoms with Gasteiger partial charge in [-0.2, -0.15) is 0 Å². The predicted octanol–water partition coefficient (Wildman–Crippen LogP) is 2.00. The summed E-state index contributed by atoms with van der Waals surface area (Å²) in [6.45, 7) is 0. The summed E-state index contributed by atoms with van der Waals surface area (Å²) in [4.78, 5) is 11.7. The van der Waals surface area contributed by atoms with Crippen molar-refractivity contribution in [1.82, 2.24) is 10.2 Å². The van der Waals surface area contributed by atoms with Gasteiger partial charge < -0.3 is 5.32 Å². The van der Waals surface area contributed by atoms with Crippen molar-refractivity contribution in [1.29, 1.82) is 0 Å². The molecule has 0 aromatic carbocycles. The van der Waals surface area contributed by atoms with Crippen LogP contribution in [0.1, 0.15) is 25.7 Å². The topological polar surface area (TPSA) is 54.9 Å². The molecule has 1 amide bonds. The average molecular weight is 229 g/mol. The zero-order valence-corrected chi connectivity index (χ0v) is 8.97. The molecule has 1 aliphatic rings. The van der Waals surface area contributed by atoms with Gasteiger partial charge in [0.25, 0.3) is 0 Å². The minimum atomic E-state index is -0.830. The van der Waals surface area contributed by atoms with E-state index < -0.39 is 6.17 Å². The van der Waals surface area contributed by atoms with Crippen LogP contribution in [-0.2, 0) is 4.79 Å². The number of aromatic nitrogens is 2. The SMILES string of the molecule is O=C(Nc1nncs1)[C@H]1CCC[C@@H](F)C1. The molecule has 1 aromatic rings. The van der Waals surface area contributed by atoms with E-state index in [-0.39, 0.29) is 11.8 Å². The van der Waals surface area contributed by atoms with E-state index in [1.54, 1.807) is 5.51 Å². The summed E-state index contributed by atoms with van der Waals surface area (Å²) in [6.07, 6.45) is 1.65. The Kier molecular flexibility index (Phi) is 3.25. The number of anilines is 1. The van der Waals surface area contributed by atoms with Crippen molar-refractivity contribution in [2.75, 3.05) is 5.32 Å². The lowest BCUT2D eigenvalue weighted by molar-refractivity contribution is -0.121. The Morgan fingerprint density at radius 3 is 3.13 bits per heavy atom. The Hall–Kier alpha value is -1.04. The zero-order chi connectivity index (χ0) is 10.7. The Bertz CT molecular complexity index is 330. The molecule has 0 radical (unpaired) electrons. The van der Waals surface area contributed by atoms with E-state index in [0.717, 1.165) is 12.8 Å². The fraction of sp³-hybridized carbons (Fsp3) is 0.667. The van der Waals surface area contributed by atoms with Crippen LogP contribution in [-0.4, -0.2) is 22.3 Å². The molecule has 0 unspecified atom stereocenters. The molecule has 1 N–H and O–H groups in total. The lowest BCUT2D eigenvalue weighted by Crippen LogP contribution is -2.28. The van der Waals surface area contributed by atoms with Gasteiger partial charge in [-0.15, -0.1) is 10.2 Å². The van der Waals surface area contributed by atoms with E-state index in [9.17, 15) is 9.18 Å². The molecule has 1 heterocycles. The maximum atomic E-state index is 13.1. The van der Waals surface area contributed by atoms with Crippen LogP contribution in [0.2, 0.25) is 0 Å². The first-order chi connectivity index (χ1) is 7.25. The first-order valence-corrected chi connectivity index (χ1v) is 5.85. The Labute approximate surface area is 90.9 Å². The molecule has 1 fully saturated rings. The first kappa shape index (κ1) is 10.5. The molecule has 15 heavy (non-hydrogen) atoms. The Balaban J connectivity index is 1.90. The third-order valence-corrected chi connectivity index (χ3v) is 3.18. The summed E-state index contributed by atoms with van der Waals surface area (Å²) in [5.74, 6) is -0.341. The molecular formula is C9H12FN3OS. The van der Waals surface area contributed by atoms with E-state index in [1.807, 2.05) is 0 Å². The maximum Gasteiger partial charge on any atom is 0.229 e. The van der Waals surface area contributed by atoms with Crippen molar-refractivity contribution in [3.8, 4) is 0 Å². The fourth-order valence-corrected chi connectivity index (χ4v) is 2.25. The third-order valence-electron chi connectivity index (χ3n) is 2.57. The molecule has 1 aromatic heterocycles. The lowest BCUT2D eigenvalue weighted by atomic mass is 9.87. The van der Waals surface area contributed by atoms with Gasteiger partial charge in [-0.1, -0.05) is 11.3 Å². The smallest absolute Gasteiger partial charge is 0.229 e. The van der Waals surface area contributed by atoms with Crippen LogP contribution in [0.3, 0.4) is 0 Å². The summed E-state index contributed by atoms with van der Waals surface area (Å²) in [6, 6.07) is 0. The van der Waals surface area contributed by atoms with Gasteiger partial charge in [0.2, 0.25) is 11.0 Å². The summed E-state index contributed by atoms with van der Waals surface area (Å²) in [7, 11) is 0. The Morgan fingerprint density at radius 1 is 1.60 bits per heavy atom. The van der Waals surface area contributed by atoms with Crippen LogP contribution in [0.15, 0.2) is 5.51 Å². The number of alkyl halides is 1. The van der Waals surface area contributed by atoms with Gasteiger partial charge in [0, 0.05) is 5.92 Å². The number of nitrogens with zero attached hydrogens (tertiary/aromatic N) is 2. The van der Waals surface area contributed by atoms with Gasteiger partial charge in [-0.05, 0) is 25.7 Å². The quantitative estimate of drug-likeness (QED) is 0.844. The number of nitrogens with one attached hydrogen (secondary N) is 1. The van der Waals surface area contributed by atoms with Gasteiger partial charge in [-0.3, -0.25) is 4.79 Å². The minimum Gasteiger partial charge on any atom is -0.300 e. The fourth-order valence-electron chi connectivity index (χ4n) is 1.80. The summed E-state index contributed by atoms with van der Waals surface area (Å²) in [5, 5.41) is 10.5. The van der Waals surface area contributed by atoms with Crippen LogP contribution in [0, 0.1) is 5.92 Å². The van der Waals surface area contributed by atoms with E-state index in [1.165, 1.54) is 11.3 Å². The molecule has 1 aliphatic carbocycles. The highest BCUT2D eigenvalue weighted by Gasteiger charge is 2.27.